The van der Waals surface area contributed by atoms with Crippen molar-refractivity contribution in [1.29, 1.82) is 0 Å². The number of ether oxygens (including phenoxy) is 1. The first-order chi connectivity index (χ1) is 5.27. The zero-order valence-corrected chi connectivity index (χ0v) is 7.84. The fourth-order valence-electron chi connectivity index (χ4n) is 0.666. The lowest BCUT2D eigenvalue weighted by Crippen LogP contribution is -1.98. The van der Waals surface area contributed by atoms with Crippen molar-refractivity contribution in [2.24, 2.45) is 0 Å². The average Bonchev–Trinajstić information content (AvgIpc) is 2.04. The minimum atomic E-state index is 0.488. The molecule has 4 nitrogen and oxygen atoms in total. The predicted octanol–water partition coefficient (Wildman–Crippen LogP) is 1.29. The van der Waals surface area contributed by atoms with E-state index in [4.69, 9.17) is 4.74 Å². The third-order valence-corrected chi connectivity index (χ3v) is 1.52. The van der Waals surface area contributed by atoms with Crippen LogP contribution < -0.4 is 10.1 Å². The van der Waals surface area contributed by atoms with E-state index >= 15 is 0 Å². The number of anilines is 1. The fraction of sp³-hybridized carbons (Fsp3) is 0.333. The van der Waals surface area contributed by atoms with Gasteiger partial charge in [0, 0.05) is 7.05 Å². The number of nitrogens with one attached hydrogen (secondary N) is 1. The lowest BCUT2D eigenvalue weighted by Gasteiger charge is -2.04. The first kappa shape index (κ1) is 8.26. The molecule has 1 rings (SSSR count). The summed E-state index contributed by atoms with van der Waals surface area (Å²) in [5.74, 6) is 1.12. The zero-order chi connectivity index (χ0) is 8.27. The quantitative estimate of drug-likeness (QED) is 0.812. The van der Waals surface area contributed by atoms with Gasteiger partial charge in [-0.05, 0) is 15.9 Å². The summed E-state index contributed by atoms with van der Waals surface area (Å²) in [6.45, 7) is 0. The molecule has 0 unspecified atom stereocenters. The molecule has 0 aromatic carbocycles. The van der Waals surface area contributed by atoms with Gasteiger partial charge in [0.2, 0.25) is 0 Å². The van der Waals surface area contributed by atoms with Crippen LogP contribution in [0.3, 0.4) is 0 Å². The van der Waals surface area contributed by atoms with Gasteiger partial charge in [0.15, 0.2) is 5.82 Å². The Bertz CT molecular complexity index is 254. The smallest absolute Gasteiger partial charge is 0.258 e. The molecular weight excluding hydrogens is 210 g/mol. The van der Waals surface area contributed by atoms with Crippen LogP contribution in [0.5, 0.6) is 5.88 Å². The summed E-state index contributed by atoms with van der Waals surface area (Å²) in [7, 11) is 3.32. The number of rotatable bonds is 2. The van der Waals surface area contributed by atoms with Crippen LogP contribution in [-0.4, -0.2) is 24.1 Å². The molecule has 11 heavy (non-hydrogen) atoms. The number of hydrogen-bond acceptors (Lipinski definition) is 4. The Kier molecular flexibility index (Phi) is 2.64. The lowest BCUT2D eigenvalue weighted by molar-refractivity contribution is 0.397. The third kappa shape index (κ3) is 1.80. The monoisotopic (exact) mass is 217 g/mol. The molecule has 0 aliphatic carbocycles. The summed E-state index contributed by atoms with van der Waals surface area (Å²) in [6.07, 6.45) is 1.61. The van der Waals surface area contributed by atoms with E-state index in [0.29, 0.717) is 16.3 Å². The molecule has 0 amide bonds. The Hall–Kier alpha value is -0.840. The van der Waals surface area contributed by atoms with Crippen LogP contribution in [0.1, 0.15) is 0 Å². The van der Waals surface area contributed by atoms with Crippen molar-refractivity contribution in [3.8, 4) is 5.88 Å². The van der Waals surface area contributed by atoms with Crippen LogP contribution >= 0.6 is 15.9 Å². The van der Waals surface area contributed by atoms with Crippen LogP contribution in [0.25, 0.3) is 0 Å². The molecule has 0 saturated heterocycles. The number of hydrogen-bond donors (Lipinski definition) is 1. The fourth-order valence-corrected chi connectivity index (χ4v) is 0.929. The molecule has 0 bridgehead atoms. The van der Waals surface area contributed by atoms with Gasteiger partial charge in [-0.1, -0.05) is 0 Å². The maximum absolute atomic E-state index is 4.95. The van der Waals surface area contributed by atoms with E-state index in [1.54, 1.807) is 20.4 Å². The minimum Gasteiger partial charge on any atom is -0.478 e. The van der Waals surface area contributed by atoms with Crippen LogP contribution in [0.2, 0.25) is 0 Å². The molecule has 0 atom stereocenters. The van der Waals surface area contributed by atoms with E-state index in [-0.39, 0.29) is 0 Å². The molecule has 5 heteroatoms. The summed E-state index contributed by atoms with van der Waals surface area (Å²) >= 11 is 3.18. The topological polar surface area (TPSA) is 47.0 Å². The molecule has 60 valence electrons. The first-order valence-corrected chi connectivity index (χ1v) is 3.81. The molecular formula is C6H8BrN3O. The first-order valence-electron chi connectivity index (χ1n) is 3.02. The van der Waals surface area contributed by atoms with Gasteiger partial charge in [-0.2, -0.15) is 0 Å². The summed E-state index contributed by atoms with van der Waals surface area (Å²) < 4.78 is 5.61. The van der Waals surface area contributed by atoms with Crippen LogP contribution in [0, 0.1) is 0 Å². The Morgan fingerprint density at radius 2 is 2.36 bits per heavy atom. The highest BCUT2D eigenvalue weighted by Gasteiger charge is 2.03. The van der Waals surface area contributed by atoms with Crippen molar-refractivity contribution < 1.29 is 4.74 Å². The second kappa shape index (κ2) is 3.52. The Balaban J connectivity index is 3.06. The summed E-state index contributed by atoms with van der Waals surface area (Å²) in [5, 5.41) is 2.85. The molecule has 0 saturated carbocycles. The SMILES string of the molecule is CNc1ncc(Br)nc1OC. The average molecular weight is 218 g/mol. The van der Waals surface area contributed by atoms with Crippen molar-refractivity contribution in [1.82, 2.24) is 9.97 Å². The number of methoxy groups -OCH3 is 1. The second-order valence-corrected chi connectivity index (χ2v) is 2.61. The third-order valence-electron chi connectivity index (χ3n) is 1.14. The molecule has 1 N–H and O–H groups in total. The van der Waals surface area contributed by atoms with E-state index in [1.807, 2.05) is 0 Å². The minimum absolute atomic E-state index is 0.488. The number of halogens is 1. The van der Waals surface area contributed by atoms with Gasteiger partial charge in [0.25, 0.3) is 5.88 Å². The van der Waals surface area contributed by atoms with E-state index in [2.05, 4.69) is 31.2 Å². The predicted molar refractivity (Wildman–Crippen MR) is 45.8 cm³/mol. The maximum Gasteiger partial charge on any atom is 0.258 e. The summed E-state index contributed by atoms with van der Waals surface area (Å²) in [4.78, 5) is 8.05. The van der Waals surface area contributed by atoms with Crippen molar-refractivity contribution in [3.05, 3.63) is 10.8 Å². The molecule has 1 aromatic rings. The molecule has 1 heterocycles. The Morgan fingerprint density at radius 1 is 1.64 bits per heavy atom. The van der Waals surface area contributed by atoms with Crippen molar-refractivity contribution in [2.75, 3.05) is 19.5 Å². The normalized spacial score (nSPS) is 9.36. The number of nitrogens with zero attached hydrogens (tertiary/aromatic N) is 2. The Labute approximate surface area is 73.1 Å². The molecule has 0 aliphatic rings. The second-order valence-electron chi connectivity index (χ2n) is 1.80. The highest BCUT2D eigenvalue weighted by Crippen LogP contribution is 2.19. The van der Waals surface area contributed by atoms with Gasteiger partial charge < -0.3 is 10.1 Å². The highest BCUT2D eigenvalue weighted by atomic mass is 79.9. The largest absolute Gasteiger partial charge is 0.478 e. The van der Waals surface area contributed by atoms with Gasteiger partial charge in [-0.3, -0.25) is 0 Å². The summed E-state index contributed by atoms with van der Waals surface area (Å²) in [5.41, 5.74) is 0. The van der Waals surface area contributed by atoms with E-state index in [1.165, 1.54) is 0 Å². The molecule has 0 radical (unpaired) electrons. The van der Waals surface area contributed by atoms with Crippen LogP contribution in [-0.2, 0) is 0 Å². The van der Waals surface area contributed by atoms with Gasteiger partial charge >= 0.3 is 0 Å². The molecule has 0 aliphatic heterocycles. The molecule has 0 fully saturated rings. The van der Waals surface area contributed by atoms with Gasteiger partial charge in [-0.15, -0.1) is 0 Å². The summed E-state index contributed by atoms with van der Waals surface area (Å²) in [6, 6.07) is 0. The van der Waals surface area contributed by atoms with Crippen LogP contribution in [0.4, 0.5) is 5.82 Å². The van der Waals surface area contributed by atoms with Crippen molar-refractivity contribution >= 4 is 21.7 Å². The van der Waals surface area contributed by atoms with Gasteiger partial charge in [-0.25, -0.2) is 9.97 Å². The van der Waals surface area contributed by atoms with E-state index in [9.17, 15) is 0 Å². The highest BCUT2D eigenvalue weighted by molar-refractivity contribution is 9.10. The van der Waals surface area contributed by atoms with E-state index < -0.39 is 0 Å². The van der Waals surface area contributed by atoms with Crippen LogP contribution in [0.15, 0.2) is 10.8 Å². The standard InChI is InChI=1S/C6H8BrN3O/c1-8-5-6(11-2)10-4(7)3-9-5/h3H,1-2H3,(H,8,9). The Morgan fingerprint density at radius 3 is 2.91 bits per heavy atom. The molecule has 0 spiro atoms. The van der Waals surface area contributed by atoms with Gasteiger partial charge in [0.1, 0.15) is 4.60 Å². The lowest BCUT2D eigenvalue weighted by atomic mass is 10.6. The van der Waals surface area contributed by atoms with Gasteiger partial charge in [0.05, 0.1) is 13.3 Å². The van der Waals surface area contributed by atoms with Crippen molar-refractivity contribution in [3.63, 3.8) is 0 Å². The van der Waals surface area contributed by atoms with Crippen molar-refractivity contribution in [2.45, 2.75) is 0 Å². The zero-order valence-electron chi connectivity index (χ0n) is 6.26. The van der Waals surface area contributed by atoms with E-state index in [0.717, 1.165) is 0 Å². The molecule has 1 aromatic heterocycles. The number of aromatic nitrogens is 2. The maximum atomic E-state index is 4.95.